The van der Waals surface area contributed by atoms with Gasteiger partial charge in [0.2, 0.25) is 21.8 Å². The SMILES string of the molecule is COc1cccc(CN(C(=O)CCCN(c2ccc(C)c(C)c2)S(C)(=O)=O)[C@H](C)C(=O)NC2CCCCC2)c1. The van der Waals surface area contributed by atoms with Crippen molar-refractivity contribution in [1.82, 2.24) is 10.2 Å². The number of carbonyl (C=O) groups excluding carboxylic acids is 2. The lowest BCUT2D eigenvalue weighted by Crippen LogP contribution is -2.50. The Morgan fingerprint density at radius 1 is 1.05 bits per heavy atom. The number of carbonyl (C=O) groups is 2. The van der Waals surface area contributed by atoms with Crippen LogP contribution in [0.15, 0.2) is 42.5 Å². The number of nitrogens with one attached hydrogen (secondary N) is 1. The Kier molecular flexibility index (Phi) is 10.8. The number of amides is 2. The molecule has 2 aromatic carbocycles. The summed E-state index contributed by atoms with van der Waals surface area (Å²) in [4.78, 5) is 28.4. The summed E-state index contributed by atoms with van der Waals surface area (Å²) in [6.45, 7) is 6.10. The molecule has 0 radical (unpaired) electrons. The van der Waals surface area contributed by atoms with Crippen molar-refractivity contribution in [2.75, 3.05) is 24.2 Å². The number of anilines is 1. The first-order valence-corrected chi connectivity index (χ1v) is 15.6. The van der Waals surface area contributed by atoms with E-state index in [1.807, 2.05) is 50.2 Å². The second kappa shape index (κ2) is 13.8. The van der Waals surface area contributed by atoms with Gasteiger partial charge in [0, 0.05) is 25.6 Å². The van der Waals surface area contributed by atoms with Crippen LogP contribution in [0, 0.1) is 13.8 Å². The van der Waals surface area contributed by atoms with Gasteiger partial charge in [-0.15, -0.1) is 0 Å². The molecule has 2 aromatic rings. The lowest BCUT2D eigenvalue weighted by atomic mass is 9.95. The van der Waals surface area contributed by atoms with Crippen molar-refractivity contribution in [3.8, 4) is 5.75 Å². The zero-order valence-corrected chi connectivity index (χ0v) is 24.7. The molecule has 0 bridgehead atoms. The van der Waals surface area contributed by atoms with Crippen molar-refractivity contribution >= 4 is 27.5 Å². The molecule has 0 heterocycles. The maximum Gasteiger partial charge on any atom is 0.242 e. The summed E-state index contributed by atoms with van der Waals surface area (Å²) in [6.07, 6.45) is 6.93. The number of benzene rings is 2. The molecular weight excluding hydrogens is 514 g/mol. The number of hydrogen-bond donors (Lipinski definition) is 1. The van der Waals surface area contributed by atoms with Crippen LogP contribution in [0.25, 0.3) is 0 Å². The molecule has 1 N–H and O–H groups in total. The zero-order chi connectivity index (χ0) is 28.6. The molecule has 214 valence electrons. The minimum atomic E-state index is -3.54. The van der Waals surface area contributed by atoms with Crippen molar-refractivity contribution in [2.24, 2.45) is 0 Å². The van der Waals surface area contributed by atoms with E-state index in [4.69, 9.17) is 4.74 Å². The number of sulfonamides is 1. The van der Waals surface area contributed by atoms with Crippen LogP contribution in [-0.2, 0) is 26.2 Å². The lowest BCUT2D eigenvalue weighted by molar-refractivity contribution is -0.141. The van der Waals surface area contributed by atoms with Crippen LogP contribution in [0.5, 0.6) is 5.75 Å². The average Bonchev–Trinajstić information content (AvgIpc) is 2.91. The van der Waals surface area contributed by atoms with Crippen molar-refractivity contribution in [3.63, 3.8) is 0 Å². The molecule has 0 unspecified atom stereocenters. The van der Waals surface area contributed by atoms with Crippen LogP contribution < -0.4 is 14.4 Å². The Bertz CT molecular complexity index is 1240. The minimum absolute atomic E-state index is 0.113. The predicted octanol–water partition coefficient (Wildman–Crippen LogP) is 4.72. The van der Waals surface area contributed by atoms with E-state index < -0.39 is 16.1 Å². The van der Waals surface area contributed by atoms with Crippen LogP contribution in [-0.4, -0.2) is 57.1 Å². The van der Waals surface area contributed by atoms with E-state index in [1.54, 1.807) is 25.0 Å². The smallest absolute Gasteiger partial charge is 0.242 e. The highest BCUT2D eigenvalue weighted by atomic mass is 32.2. The van der Waals surface area contributed by atoms with Gasteiger partial charge < -0.3 is 15.0 Å². The van der Waals surface area contributed by atoms with E-state index in [-0.39, 0.29) is 37.4 Å². The van der Waals surface area contributed by atoms with E-state index >= 15 is 0 Å². The monoisotopic (exact) mass is 557 g/mol. The Morgan fingerprint density at radius 3 is 2.41 bits per heavy atom. The largest absolute Gasteiger partial charge is 0.497 e. The minimum Gasteiger partial charge on any atom is -0.497 e. The first-order chi connectivity index (χ1) is 18.5. The summed E-state index contributed by atoms with van der Waals surface area (Å²) in [6, 6.07) is 12.5. The average molecular weight is 558 g/mol. The molecular formula is C30H43N3O5S. The van der Waals surface area contributed by atoms with Crippen molar-refractivity contribution in [1.29, 1.82) is 0 Å². The summed E-state index contributed by atoms with van der Waals surface area (Å²) in [7, 11) is -1.95. The van der Waals surface area contributed by atoms with Gasteiger partial charge in [0.1, 0.15) is 11.8 Å². The first kappa shape index (κ1) is 30.5. The summed E-state index contributed by atoms with van der Waals surface area (Å²) in [5, 5.41) is 3.14. The van der Waals surface area contributed by atoms with Crippen LogP contribution in [0.1, 0.15) is 68.6 Å². The zero-order valence-electron chi connectivity index (χ0n) is 23.9. The van der Waals surface area contributed by atoms with Gasteiger partial charge in [-0.1, -0.05) is 37.5 Å². The quantitative estimate of drug-likeness (QED) is 0.407. The Labute approximate surface area is 233 Å². The molecule has 1 fully saturated rings. The van der Waals surface area contributed by atoms with Crippen molar-refractivity contribution in [2.45, 2.75) is 84.3 Å². The maximum absolute atomic E-state index is 13.6. The molecule has 0 spiro atoms. The highest BCUT2D eigenvalue weighted by Crippen LogP contribution is 2.23. The van der Waals surface area contributed by atoms with Crippen LogP contribution in [0.4, 0.5) is 5.69 Å². The summed E-state index contributed by atoms with van der Waals surface area (Å²) in [5.74, 6) is 0.320. The Hall–Kier alpha value is -3.07. The van der Waals surface area contributed by atoms with E-state index in [9.17, 15) is 18.0 Å². The fourth-order valence-corrected chi connectivity index (χ4v) is 5.96. The number of hydrogen-bond acceptors (Lipinski definition) is 5. The summed E-state index contributed by atoms with van der Waals surface area (Å²) >= 11 is 0. The second-order valence-corrected chi connectivity index (χ2v) is 12.5. The molecule has 1 saturated carbocycles. The third-order valence-electron chi connectivity index (χ3n) is 7.54. The third kappa shape index (κ3) is 8.71. The Morgan fingerprint density at radius 2 is 1.77 bits per heavy atom. The number of methoxy groups -OCH3 is 1. The van der Waals surface area contributed by atoms with Crippen LogP contribution >= 0.6 is 0 Å². The topological polar surface area (TPSA) is 96.0 Å². The van der Waals surface area contributed by atoms with E-state index in [1.165, 1.54) is 17.0 Å². The van der Waals surface area contributed by atoms with E-state index in [0.717, 1.165) is 42.4 Å². The van der Waals surface area contributed by atoms with Gasteiger partial charge in [0.05, 0.1) is 19.1 Å². The Balaban J connectivity index is 1.74. The first-order valence-electron chi connectivity index (χ1n) is 13.8. The molecule has 0 aromatic heterocycles. The number of rotatable bonds is 12. The van der Waals surface area contributed by atoms with E-state index in [2.05, 4.69) is 5.32 Å². The molecule has 9 heteroatoms. The van der Waals surface area contributed by atoms with Gasteiger partial charge in [-0.2, -0.15) is 0 Å². The molecule has 1 atom stereocenters. The fourth-order valence-electron chi connectivity index (χ4n) is 5.00. The van der Waals surface area contributed by atoms with Gasteiger partial charge in [0.25, 0.3) is 0 Å². The van der Waals surface area contributed by atoms with Gasteiger partial charge in [-0.3, -0.25) is 13.9 Å². The van der Waals surface area contributed by atoms with Crippen LogP contribution in [0.3, 0.4) is 0 Å². The molecule has 2 amide bonds. The maximum atomic E-state index is 13.6. The highest BCUT2D eigenvalue weighted by molar-refractivity contribution is 7.92. The van der Waals surface area contributed by atoms with Gasteiger partial charge in [-0.05, 0) is 81.0 Å². The molecule has 0 saturated heterocycles. The summed E-state index contributed by atoms with van der Waals surface area (Å²) in [5.41, 5.74) is 3.52. The van der Waals surface area contributed by atoms with E-state index in [0.29, 0.717) is 17.9 Å². The number of nitrogens with zero attached hydrogens (tertiary/aromatic N) is 2. The second-order valence-electron chi connectivity index (χ2n) is 10.6. The van der Waals surface area contributed by atoms with Crippen molar-refractivity contribution in [3.05, 3.63) is 59.2 Å². The lowest BCUT2D eigenvalue weighted by Gasteiger charge is -2.31. The van der Waals surface area contributed by atoms with Crippen LogP contribution in [0.2, 0.25) is 0 Å². The molecule has 39 heavy (non-hydrogen) atoms. The molecule has 1 aliphatic rings. The molecule has 3 rings (SSSR count). The van der Waals surface area contributed by atoms with Crippen molar-refractivity contribution < 1.29 is 22.7 Å². The molecule has 8 nitrogen and oxygen atoms in total. The fraction of sp³-hybridized carbons (Fsp3) is 0.533. The normalized spacial score (nSPS) is 14.9. The summed E-state index contributed by atoms with van der Waals surface area (Å²) < 4.78 is 31.9. The number of aryl methyl sites for hydroxylation is 2. The molecule has 0 aliphatic heterocycles. The predicted molar refractivity (Wildman–Crippen MR) is 155 cm³/mol. The highest BCUT2D eigenvalue weighted by Gasteiger charge is 2.28. The third-order valence-corrected chi connectivity index (χ3v) is 8.73. The molecule has 1 aliphatic carbocycles. The number of ether oxygens (including phenoxy) is 1. The van der Waals surface area contributed by atoms with Gasteiger partial charge in [-0.25, -0.2) is 8.42 Å². The van der Waals surface area contributed by atoms with Gasteiger partial charge >= 0.3 is 0 Å². The van der Waals surface area contributed by atoms with Gasteiger partial charge in [0.15, 0.2) is 0 Å². The standard InChI is InChI=1S/C30H43N3O5S/c1-22-16-17-27(19-23(22)2)33(39(5,36)37)18-10-15-29(34)32(21-25-11-9-14-28(20-25)38-4)24(3)30(35)31-26-12-7-6-8-13-26/h9,11,14,16-17,19-20,24,26H,6-8,10,12-13,15,18,21H2,1-5H3,(H,31,35)/t24-/m1/s1.